The van der Waals surface area contributed by atoms with Crippen LogP contribution in [0, 0.1) is 0 Å². The Bertz CT molecular complexity index is 650. The average molecular weight is 467 g/mol. The van der Waals surface area contributed by atoms with Crippen LogP contribution in [-0.2, 0) is 21.0 Å². The van der Waals surface area contributed by atoms with Crippen LogP contribution in [0.1, 0.15) is 12.0 Å². The third-order valence-electron chi connectivity index (χ3n) is 3.67. The monoisotopic (exact) mass is 467 g/mol. The number of guanidine groups is 1. The Kier molecular flexibility index (Phi) is 8.99. The summed E-state index contributed by atoms with van der Waals surface area (Å²) in [4.78, 5) is 6.75. The Labute approximate surface area is 161 Å². The van der Waals surface area contributed by atoms with Crippen LogP contribution < -0.4 is 10.2 Å². The van der Waals surface area contributed by atoms with Crippen LogP contribution in [0.15, 0.2) is 29.3 Å². The smallest absolute Gasteiger partial charge is 0.198 e. The summed E-state index contributed by atoms with van der Waals surface area (Å²) < 4.78 is 27.7. The minimum atomic E-state index is -2.99. The Hall–Kier alpha value is -0.870. The van der Waals surface area contributed by atoms with Crippen LogP contribution in [-0.4, -0.2) is 59.7 Å². The lowest BCUT2D eigenvalue weighted by molar-refractivity contribution is 0.197. The van der Waals surface area contributed by atoms with Gasteiger partial charge in [-0.05, 0) is 24.5 Å². The molecule has 2 rings (SSSR count). The number of aliphatic imine (C=N–C) groups is 1. The van der Waals surface area contributed by atoms with Crippen LogP contribution in [0.3, 0.4) is 0 Å². The molecule has 8 heteroatoms. The number of methoxy groups -OCH3 is 1. The molecule has 0 unspecified atom stereocenters. The van der Waals surface area contributed by atoms with Gasteiger partial charge in [0.15, 0.2) is 5.96 Å². The summed E-state index contributed by atoms with van der Waals surface area (Å²) in [6.45, 7) is 2.53. The van der Waals surface area contributed by atoms with E-state index in [0.29, 0.717) is 19.7 Å². The first kappa shape index (κ1) is 21.2. The van der Waals surface area contributed by atoms with Crippen LogP contribution in [0.4, 0.5) is 5.69 Å². The first-order valence-corrected chi connectivity index (χ1v) is 9.88. The van der Waals surface area contributed by atoms with Crippen molar-refractivity contribution in [2.75, 3.05) is 50.3 Å². The van der Waals surface area contributed by atoms with E-state index in [0.717, 1.165) is 31.0 Å². The molecule has 0 aliphatic carbocycles. The largest absolute Gasteiger partial charge is 0.385 e. The van der Waals surface area contributed by atoms with E-state index in [2.05, 4.69) is 27.3 Å². The third-order valence-corrected chi connectivity index (χ3v) is 4.61. The van der Waals surface area contributed by atoms with Gasteiger partial charge in [0.2, 0.25) is 0 Å². The molecule has 0 radical (unpaired) electrons. The first-order chi connectivity index (χ1) is 11.0. The zero-order chi connectivity index (χ0) is 16.7. The van der Waals surface area contributed by atoms with Crippen LogP contribution in [0.25, 0.3) is 0 Å². The molecular formula is C16H26IN3O3S. The van der Waals surface area contributed by atoms with Gasteiger partial charge < -0.3 is 15.0 Å². The number of rotatable bonds is 7. The fraction of sp³-hybridized carbons (Fsp3) is 0.562. The lowest BCUT2D eigenvalue weighted by Crippen LogP contribution is -2.42. The van der Waals surface area contributed by atoms with E-state index in [1.54, 1.807) is 7.11 Å². The van der Waals surface area contributed by atoms with Crippen LogP contribution >= 0.6 is 24.0 Å². The Balaban J connectivity index is 0.00000288. The number of ether oxygens (including phenoxy) is 1. The molecule has 1 aliphatic heterocycles. The standard InChI is InChI=1S/C16H25N3O3S.HI/c1-22-12-5-9-17-16(18-10-13-23(2,20)21)19-11-8-14-6-3-4-7-15(14)19;/h3-4,6-7H,5,8-13H2,1-2H3,(H,17,18);1H. The second kappa shape index (κ2) is 10.2. The van der Waals surface area contributed by atoms with Crippen molar-refractivity contribution in [3.8, 4) is 0 Å². The molecule has 6 nitrogen and oxygen atoms in total. The number of benzene rings is 1. The number of hydrogen-bond acceptors (Lipinski definition) is 4. The van der Waals surface area contributed by atoms with Crippen molar-refractivity contribution in [3.63, 3.8) is 0 Å². The molecule has 0 fully saturated rings. The van der Waals surface area contributed by atoms with Gasteiger partial charge >= 0.3 is 0 Å². The molecule has 0 atom stereocenters. The molecular weight excluding hydrogens is 441 g/mol. The van der Waals surface area contributed by atoms with Gasteiger partial charge in [0.1, 0.15) is 9.84 Å². The predicted molar refractivity (Wildman–Crippen MR) is 109 cm³/mol. The van der Waals surface area contributed by atoms with E-state index in [4.69, 9.17) is 4.74 Å². The van der Waals surface area contributed by atoms with E-state index in [1.807, 2.05) is 12.1 Å². The third kappa shape index (κ3) is 6.56. The second-order valence-electron chi connectivity index (χ2n) is 5.64. The van der Waals surface area contributed by atoms with E-state index in [9.17, 15) is 8.42 Å². The van der Waals surface area contributed by atoms with Crippen molar-refractivity contribution in [3.05, 3.63) is 29.8 Å². The summed E-state index contributed by atoms with van der Waals surface area (Å²) in [5, 5.41) is 3.19. The maximum atomic E-state index is 11.3. The van der Waals surface area contributed by atoms with Crippen LogP contribution in [0.2, 0.25) is 0 Å². The fourth-order valence-electron chi connectivity index (χ4n) is 2.54. The number of halogens is 1. The lowest BCUT2D eigenvalue weighted by Gasteiger charge is -2.22. The quantitative estimate of drug-likeness (QED) is 0.286. The minimum absolute atomic E-state index is 0. The number of nitrogens with one attached hydrogen (secondary N) is 1. The van der Waals surface area contributed by atoms with Gasteiger partial charge in [-0.2, -0.15) is 0 Å². The zero-order valence-electron chi connectivity index (χ0n) is 14.2. The summed E-state index contributed by atoms with van der Waals surface area (Å²) in [6.07, 6.45) is 3.06. The van der Waals surface area contributed by atoms with Crippen molar-refractivity contribution < 1.29 is 13.2 Å². The van der Waals surface area contributed by atoms with Crippen molar-refractivity contribution in [1.29, 1.82) is 0 Å². The number of nitrogens with zero attached hydrogens (tertiary/aromatic N) is 2. The average Bonchev–Trinajstić information content (AvgIpc) is 2.92. The molecule has 0 amide bonds. The summed E-state index contributed by atoms with van der Waals surface area (Å²) in [6, 6.07) is 8.24. The molecule has 0 saturated carbocycles. The Morgan fingerprint density at radius 1 is 1.38 bits per heavy atom. The molecule has 0 aromatic heterocycles. The molecule has 136 valence electrons. The van der Waals surface area contributed by atoms with Crippen molar-refractivity contribution in [2.45, 2.75) is 12.8 Å². The normalized spacial score (nSPS) is 14.2. The van der Waals surface area contributed by atoms with E-state index < -0.39 is 9.84 Å². The summed E-state index contributed by atoms with van der Waals surface area (Å²) in [7, 11) is -1.32. The number of sulfone groups is 1. The number of anilines is 1. The highest BCUT2D eigenvalue weighted by Gasteiger charge is 2.22. The molecule has 1 aromatic rings. The topological polar surface area (TPSA) is 71.0 Å². The second-order valence-corrected chi connectivity index (χ2v) is 7.90. The number of fused-ring (bicyclic) bond motifs is 1. The van der Waals surface area contributed by atoms with E-state index in [-0.39, 0.29) is 29.7 Å². The van der Waals surface area contributed by atoms with Gasteiger partial charge in [-0.1, -0.05) is 18.2 Å². The molecule has 0 bridgehead atoms. The van der Waals surface area contributed by atoms with Gasteiger partial charge in [-0.15, -0.1) is 24.0 Å². The summed E-state index contributed by atoms with van der Waals surface area (Å²) >= 11 is 0. The fourth-order valence-corrected chi connectivity index (χ4v) is 3.01. The van der Waals surface area contributed by atoms with Gasteiger partial charge in [0.05, 0.1) is 5.75 Å². The Morgan fingerprint density at radius 3 is 2.83 bits per heavy atom. The van der Waals surface area contributed by atoms with Gasteiger partial charge in [-0.3, -0.25) is 4.99 Å². The highest BCUT2D eigenvalue weighted by Crippen LogP contribution is 2.27. The molecule has 1 N–H and O–H groups in total. The first-order valence-electron chi connectivity index (χ1n) is 7.81. The van der Waals surface area contributed by atoms with Crippen molar-refractivity contribution in [2.24, 2.45) is 4.99 Å². The number of hydrogen-bond donors (Lipinski definition) is 1. The van der Waals surface area contributed by atoms with Crippen molar-refractivity contribution in [1.82, 2.24) is 5.32 Å². The minimum Gasteiger partial charge on any atom is -0.385 e. The van der Waals surface area contributed by atoms with E-state index >= 15 is 0 Å². The molecule has 1 heterocycles. The predicted octanol–water partition coefficient (Wildman–Crippen LogP) is 1.69. The highest BCUT2D eigenvalue weighted by molar-refractivity contribution is 14.0. The molecule has 1 aromatic carbocycles. The van der Waals surface area contributed by atoms with Gasteiger partial charge in [-0.25, -0.2) is 8.42 Å². The molecule has 0 spiro atoms. The maximum Gasteiger partial charge on any atom is 0.198 e. The molecule has 0 saturated heterocycles. The van der Waals surface area contributed by atoms with Gasteiger partial charge in [0, 0.05) is 45.3 Å². The summed E-state index contributed by atoms with van der Waals surface area (Å²) in [5.74, 6) is 0.842. The van der Waals surface area contributed by atoms with E-state index in [1.165, 1.54) is 11.8 Å². The zero-order valence-corrected chi connectivity index (χ0v) is 17.3. The maximum absolute atomic E-state index is 11.3. The molecule has 24 heavy (non-hydrogen) atoms. The highest BCUT2D eigenvalue weighted by atomic mass is 127. The SMILES string of the molecule is COCCCN=C(NCCS(C)(=O)=O)N1CCc2ccccc21.I. The lowest BCUT2D eigenvalue weighted by atomic mass is 10.2. The van der Waals surface area contributed by atoms with Crippen molar-refractivity contribution >= 4 is 45.5 Å². The van der Waals surface area contributed by atoms with Crippen LogP contribution in [0.5, 0.6) is 0 Å². The Morgan fingerprint density at radius 2 is 2.12 bits per heavy atom. The number of para-hydroxylation sites is 1. The van der Waals surface area contributed by atoms with Gasteiger partial charge in [0.25, 0.3) is 0 Å². The summed E-state index contributed by atoms with van der Waals surface area (Å²) in [5.41, 5.74) is 2.44. The molecule has 1 aliphatic rings.